The number of allylic oxidation sites excluding steroid dienone is 1. The summed E-state index contributed by atoms with van der Waals surface area (Å²) >= 11 is 3.53. The fourth-order valence-corrected chi connectivity index (χ4v) is 3.04. The summed E-state index contributed by atoms with van der Waals surface area (Å²) < 4.78 is 6.36. The monoisotopic (exact) mass is 352 g/mol. The number of hydrogen-bond donors (Lipinski definition) is 1. The van der Waals surface area contributed by atoms with Gasteiger partial charge in [0.15, 0.2) is 0 Å². The summed E-state index contributed by atoms with van der Waals surface area (Å²) in [6.45, 7) is 7.73. The second kappa shape index (κ2) is 7.85. The van der Waals surface area contributed by atoms with Crippen molar-refractivity contribution in [2.75, 3.05) is 32.1 Å². The van der Waals surface area contributed by atoms with Crippen molar-refractivity contribution in [1.82, 2.24) is 4.90 Å². The maximum absolute atomic E-state index is 5.31. The van der Waals surface area contributed by atoms with Crippen molar-refractivity contribution in [1.29, 1.82) is 0 Å². The Morgan fingerprint density at radius 2 is 2.05 bits per heavy atom. The molecule has 1 N–H and O–H groups in total. The lowest BCUT2D eigenvalue weighted by molar-refractivity contribution is 0.240. The Balaban J connectivity index is 1.86. The van der Waals surface area contributed by atoms with E-state index in [1.807, 2.05) is 6.07 Å². The Morgan fingerprint density at radius 3 is 2.67 bits per heavy atom. The second-order valence-corrected chi connectivity index (χ2v) is 6.80. The van der Waals surface area contributed by atoms with Crippen molar-refractivity contribution in [3.63, 3.8) is 0 Å². The minimum atomic E-state index is 0.548. The number of nitrogens with zero attached hydrogens (tertiary/aromatic N) is 1. The van der Waals surface area contributed by atoms with Gasteiger partial charge in [0.25, 0.3) is 0 Å². The smallest absolute Gasteiger partial charge is 0.122 e. The summed E-state index contributed by atoms with van der Waals surface area (Å²) in [4.78, 5) is 2.52. The third-order valence-corrected chi connectivity index (χ3v) is 4.28. The largest absolute Gasteiger partial charge is 0.497 e. The average Bonchev–Trinajstić information content (AvgIpc) is 2.46. The average molecular weight is 353 g/mol. The zero-order chi connectivity index (χ0) is 15.2. The van der Waals surface area contributed by atoms with Gasteiger partial charge in [-0.15, -0.1) is 0 Å². The van der Waals surface area contributed by atoms with Crippen molar-refractivity contribution in [3.05, 3.63) is 34.3 Å². The molecule has 0 atom stereocenters. The minimum Gasteiger partial charge on any atom is -0.497 e. The van der Waals surface area contributed by atoms with Crippen LogP contribution in [-0.2, 0) is 0 Å². The van der Waals surface area contributed by atoms with Crippen molar-refractivity contribution in [3.8, 4) is 5.75 Å². The van der Waals surface area contributed by atoms with Gasteiger partial charge in [0.1, 0.15) is 5.75 Å². The van der Waals surface area contributed by atoms with Crippen LogP contribution in [0.2, 0.25) is 0 Å². The molecule has 0 aromatic heterocycles. The van der Waals surface area contributed by atoms with Gasteiger partial charge in [0.05, 0.1) is 7.11 Å². The first-order valence-electron chi connectivity index (χ1n) is 7.53. The highest BCUT2D eigenvalue weighted by Gasteiger charge is 2.18. The molecule has 0 bridgehead atoms. The number of rotatable bonds is 5. The van der Waals surface area contributed by atoms with Crippen molar-refractivity contribution in [2.24, 2.45) is 0 Å². The molecule has 0 saturated carbocycles. The molecular formula is C17H25BrN2O. The Morgan fingerprint density at radius 1 is 1.33 bits per heavy atom. The Labute approximate surface area is 136 Å². The normalized spacial score (nSPS) is 16.6. The standard InChI is InChI=1S/C17H25BrN2O/c1-13(2)4-7-20-8-5-15(6-9-20)19-16-10-14(18)11-17(12-16)21-3/h4,10-12,15,19H,5-9H2,1-3H3. The zero-order valence-corrected chi connectivity index (χ0v) is 14.7. The molecular weight excluding hydrogens is 328 g/mol. The number of hydrogen-bond acceptors (Lipinski definition) is 3. The lowest BCUT2D eigenvalue weighted by Crippen LogP contribution is -2.39. The van der Waals surface area contributed by atoms with Gasteiger partial charge in [-0.1, -0.05) is 27.6 Å². The molecule has 1 saturated heterocycles. The highest BCUT2D eigenvalue weighted by atomic mass is 79.9. The predicted octanol–water partition coefficient (Wildman–Crippen LogP) is 4.30. The quantitative estimate of drug-likeness (QED) is 0.799. The van der Waals surface area contributed by atoms with E-state index in [-0.39, 0.29) is 0 Å². The summed E-state index contributed by atoms with van der Waals surface area (Å²) in [6.07, 6.45) is 4.68. The first kappa shape index (κ1) is 16.4. The Bertz CT molecular complexity index is 490. The van der Waals surface area contributed by atoms with Gasteiger partial charge in [0.2, 0.25) is 0 Å². The number of ether oxygens (including phenoxy) is 1. The highest BCUT2D eigenvalue weighted by Crippen LogP contribution is 2.26. The SMILES string of the molecule is COc1cc(Br)cc(NC2CCN(CC=C(C)C)CC2)c1. The lowest BCUT2D eigenvalue weighted by Gasteiger charge is -2.32. The first-order chi connectivity index (χ1) is 10.1. The van der Waals surface area contributed by atoms with E-state index >= 15 is 0 Å². The molecule has 0 radical (unpaired) electrons. The molecule has 0 unspecified atom stereocenters. The van der Waals surface area contributed by atoms with E-state index < -0.39 is 0 Å². The van der Waals surface area contributed by atoms with E-state index in [2.05, 4.69) is 58.2 Å². The van der Waals surface area contributed by atoms with E-state index in [4.69, 9.17) is 4.74 Å². The topological polar surface area (TPSA) is 24.5 Å². The van der Waals surface area contributed by atoms with Gasteiger partial charge in [-0.25, -0.2) is 0 Å². The Hall–Kier alpha value is -1.00. The molecule has 0 amide bonds. The summed E-state index contributed by atoms with van der Waals surface area (Å²) in [5, 5.41) is 3.63. The maximum atomic E-state index is 5.31. The van der Waals surface area contributed by atoms with Crippen LogP contribution in [0.1, 0.15) is 26.7 Å². The number of benzene rings is 1. The number of piperidine rings is 1. The van der Waals surface area contributed by atoms with Gasteiger partial charge in [-0.3, -0.25) is 4.90 Å². The molecule has 0 aliphatic carbocycles. The first-order valence-corrected chi connectivity index (χ1v) is 8.33. The fraction of sp³-hybridized carbons (Fsp3) is 0.529. The highest BCUT2D eigenvalue weighted by molar-refractivity contribution is 9.10. The zero-order valence-electron chi connectivity index (χ0n) is 13.2. The van der Waals surface area contributed by atoms with E-state index in [1.165, 1.54) is 18.4 Å². The molecule has 3 nitrogen and oxygen atoms in total. The van der Waals surface area contributed by atoms with Crippen LogP contribution >= 0.6 is 15.9 Å². The molecule has 1 aromatic carbocycles. The van der Waals surface area contributed by atoms with Crippen molar-refractivity contribution < 1.29 is 4.74 Å². The van der Waals surface area contributed by atoms with Crippen LogP contribution in [0.4, 0.5) is 5.69 Å². The molecule has 21 heavy (non-hydrogen) atoms. The third-order valence-electron chi connectivity index (χ3n) is 3.82. The molecule has 1 aromatic rings. The van der Waals surface area contributed by atoms with Crippen LogP contribution in [0.15, 0.2) is 34.3 Å². The minimum absolute atomic E-state index is 0.548. The lowest BCUT2D eigenvalue weighted by atomic mass is 10.0. The molecule has 1 aliphatic heterocycles. The summed E-state index contributed by atoms with van der Waals surface area (Å²) in [6, 6.07) is 6.69. The molecule has 0 spiro atoms. The van der Waals surface area contributed by atoms with Gasteiger partial charge in [-0.2, -0.15) is 0 Å². The molecule has 1 fully saturated rings. The van der Waals surface area contributed by atoms with Gasteiger partial charge >= 0.3 is 0 Å². The molecule has 4 heteroatoms. The third kappa shape index (κ3) is 5.36. The van der Waals surface area contributed by atoms with Crippen LogP contribution < -0.4 is 10.1 Å². The van der Waals surface area contributed by atoms with Crippen LogP contribution in [0.5, 0.6) is 5.75 Å². The van der Waals surface area contributed by atoms with Crippen molar-refractivity contribution >= 4 is 21.6 Å². The molecule has 2 rings (SSSR count). The van der Waals surface area contributed by atoms with Crippen LogP contribution in [0, 0.1) is 0 Å². The van der Waals surface area contributed by atoms with E-state index in [0.29, 0.717) is 6.04 Å². The second-order valence-electron chi connectivity index (χ2n) is 5.88. The van der Waals surface area contributed by atoms with Crippen LogP contribution in [0.25, 0.3) is 0 Å². The summed E-state index contributed by atoms with van der Waals surface area (Å²) in [5.74, 6) is 0.882. The van der Waals surface area contributed by atoms with Crippen LogP contribution in [-0.4, -0.2) is 37.7 Å². The number of anilines is 1. The number of methoxy groups -OCH3 is 1. The van der Waals surface area contributed by atoms with Gasteiger partial charge in [-0.05, 0) is 38.8 Å². The number of halogens is 1. The maximum Gasteiger partial charge on any atom is 0.122 e. The van der Waals surface area contributed by atoms with E-state index in [1.54, 1.807) is 7.11 Å². The van der Waals surface area contributed by atoms with E-state index in [0.717, 1.165) is 35.5 Å². The Kier molecular flexibility index (Phi) is 6.12. The summed E-state index contributed by atoms with van der Waals surface area (Å²) in [7, 11) is 1.70. The van der Waals surface area contributed by atoms with E-state index in [9.17, 15) is 0 Å². The number of likely N-dealkylation sites (tertiary alicyclic amines) is 1. The van der Waals surface area contributed by atoms with Gasteiger partial charge < -0.3 is 10.1 Å². The van der Waals surface area contributed by atoms with Gasteiger partial charge in [0, 0.05) is 41.9 Å². The molecule has 116 valence electrons. The fourth-order valence-electron chi connectivity index (χ4n) is 2.57. The predicted molar refractivity (Wildman–Crippen MR) is 93.2 cm³/mol. The van der Waals surface area contributed by atoms with Crippen LogP contribution in [0.3, 0.4) is 0 Å². The number of nitrogens with one attached hydrogen (secondary N) is 1. The molecule has 1 aliphatic rings. The molecule has 1 heterocycles. The van der Waals surface area contributed by atoms with Crippen molar-refractivity contribution in [2.45, 2.75) is 32.7 Å². The summed E-state index contributed by atoms with van der Waals surface area (Å²) in [5.41, 5.74) is 2.53.